The zero-order valence-corrected chi connectivity index (χ0v) is 10.4. The van der Waals surface area contributed by atoms with Crippen molar-refractivity contribution in [2.45, 2.75) is 11.8 Å². The lowest BCUT2D eigenvalue weighted by molar-refractivity contribution is -0.134. The average Bonchev–Trinajstić information content (AvgIpc) is 2.52. The van der Waals surface area contributed by atoms with Gasteiger partial charge in [0.25, 0.3) is 10.0 Å². The Hall–Kier alpha value is -1.40. The number of sulfonamides is 1. The monoisotopic (exact) mass is 273 g/mol. The Morgan fingerprint density at radius 1 is 1.47 bits per heavy atom. The van der Waals surface area contributed by atoms with Crippen LogP contribution in [-0.4, -0.2) is 26.7 Å². The highest BCUT2D eigenvalue weighted by molar-refractivity contribution is 7.91. The van der Waals surface area contributed by atoms with Gasteiger partial charge in [0, 0.05) is 5.56 Å². The molecule has 1 aliphatic heterocycles. The molecule has 0 aliphatic carbocycles. The van der Waals surface area contributed by atoms with Gasteiger partial charge in [-0.1, -0.05) is 23.7 Å². The van der Waals surface area contributed by atoms with Gasteiger partial charge in [0.1, 0.15) is 4.90 Å². The van der Waals surface area contributed by atoms with E-state index in [1.165, 1.54) is 12.1 Å². The van der Waals surface area contributed by atoms with Crippen molar-refractivity contribution in [3.63, 3.8) is 0 Å². The van der Waals surface area contributed by atoms with Crippen molar-refractivity contribution in [1.29, 1.82) is 0 Å². The molecule has 0 aromatic heterocycles. The van der Waals surface area contributed by atoms with E-state index in [0.717, 1.165) is 0 Å². The summed E-state index contributed by atoms with van der Waals surface area (Å²) in [5, 5.41) is 0.0468. The van der Waals surface area contributed by atoms with Crippen LogP contribution in [0.5, 0.6) is 0 Å². The van der Waals surface area contributed by atoms with Gasteiger partial charge >= 0.3 is 5.97 Å². The van der Waals surface area contributed by atoms with Gasteiger partial charge in [0.15, 0.2) is 5.71 Å². The van der Waals surface area contributed by atoms with Gasteiger partial charge < -0.3 is 4.74 Å². The molecule has 0 bridgehead atoms. The molecule has 1 aromatic rings. The van der Waals surface area contributed by atoms with E-state index < -0.39 is 16.0 Å². The molecule has 0 spiro atoms. The molecule has 0 N–H and O–H groups in total. The molecule has 0 radical (unpaired) electrons. The second-order valence-corrected chi connectivity index (χ2v) is 5.20. The Labute approximate surface area is 103 Å². The summed E-state index contributed by atoms with van der Waals surface area (Å²) in [5.41, 5.74) is -0.0275. The van der Waals surface area contributed by atoms with E-state index >= 15 is 0 Å². The molecule has 0 unspecified atom stereocenters. The van der Waals surface area contributed by atoms with Crippen LogP contribution in [0.1, 0.15) is 12.5 Å². The van der Waals surface area contributed by atoms with Gasteiger partial charge in [0.2, 0.25) is 0 Å². The highest BCUT2D eigenvalue weighted by Crippen LogP contribution is 2.32. The van der Waals surface area contributed by atoms with E-state index in [2.05, 4.69) is 4.40 Å². The number of rotatable bonds is 2. The molecule has 0 saturated carbocycles. The largest absolute Gasteiger partial charge is 0.461 e. The summed E-state index contributed by atoms with van der Waals surface area (Å²) in [6, 6.07) is 4.46. The van der Waals surface area contributed by atoms with Gasteiger partial charge in [-0.15, -0.1) is 0 Å². The van der Waals surface area contributed by atoms with Crippen LogP contribution >= 0.6 is 11.6 Å². The maximum Gasteiger partial charge on any atom is 0.358 e. The number of hydrogen-bond donors (Lipinski definition) is 0. The minimum Gasteiger partial charge on any atom is -0.461 e. The van der Waals surface area contributed by atoms with Crippen LogP contribution in [0.3, 0.4) is 0 Å². The van der Waals surface area contributed by atoms with Crippen molar-refractivity contribution in [3.8, 4) is 0 Å². The summed E-state index contributed by atoms with van der Waals surface area (Å²) in [7, 11) is -3.89. The Kier molecular flexibility index (Phi) is 2.92. The zero-order chi connectivity index (χ0) is 12.6. The number of fused-ring (bicyclic) bond motifs is 1. The molecule has 0 atom stereocenters. The Morgan fingerprint density at radius 3 is 2.82 bits per heavy atom. The van der Waals surface area contributed by atoms with Crippen molar-refractivity contribution in [1.82, 2.24) is 0 Å². The first-order valence-electron chi connectivity index (χ1n) is 4.78. The van der Waals surface area contributed by atoms with Gasteiger partial charge in [-0.2, -0.15) is 12.8 Å². The quantitative estimate of drug-likeness (QED) is 0.764. The van der Waals surface area contributed by atoms with E-state index in [0.29, 0.717) is 0 Å². The van der Waals surface area contributed by atoms with E-state index in [9.17, 15) is 13.2 Å². The number of benzene rings is 1. The van der Waals surface area contributed by atoms with Crippen molar-refractivity contribution in [2.75, 3.05) is 6.61 Å². The highest BCUT2D eigenvalue weighted by atomic mass is 35.5. The SMILES string of the molecule is CCOC(=O)C1=NS(=O)(=O)c2c(Cl)cccc21. The first-order valence-corrected chi connectivity index (χ1v) is 6.60. The topological polar surface area (TPSA) is 72.8 Å². The first kappa shape index (κ1) is 12.1. The first-order chi connectivity index (χ1) is 7.97. The maximum atomic E-state index is 11.7. The number of ether oxygens (including phenoxy) is 1. The fraction of sp³-hybridized carbons (Fsp3) is 0.200. The number of esters is 1. The number of carbonyl (C=O) groups excluding carboxylic acids is 1. The van der Waals surface area contributed by atoms with Gasteiger partial charge in [-0.3, -0.25) is 0 Å². The molecule has 2 rings (SSSR count). The Bertz CT molecular complexity index is 621. The normalized spacial score (nSPS) is 16.2. The van der Waals surface area contributed by atoms with Crippen molar-refractivity contribution in [2.24, 2.45) is 4.40 Å². The van der Waals surface area contributed by atoms with Crippen LogP contribution in [0.25, 0.3) is 0 Å². The summed E-state index contributed by atoms with van der Waals surface area (Å²) in [6.45, 7) is 1.77. The number of hydrogen-bond acceptors (Lipinski definition) is 4. The zero-order valence-electron chi connectivity index (χ0n) is 8.81. The minimum atomic E-state index is -3.89. The molecule has 1 heterocycles. The Balaban J connectivity index is 2.62. The molecule has 7 heteroatoms. The summed E-state index contributed by atoms with van der Waals surface area (Å²) < 4.78 is 31.6. The van der Waals surface area contributed by atoms with E-state index in [1.54, 1.807) is 13.0 Å². The summed E-state index contributed by atoms with van der Waals surface area (Å²) >= 11 is 5.80. The van der Waals surface area contributed by atoms with Crippen LogP contribution in [0, 0.1) is 0 Å². The van der Waals surface area contributed by atoms with Crippen molar-refractivity contribution < 1.29 is 17.9 Å². The molecule has 5 nitrogen and oxygen atoms in total. The molecular weight excluding hydrogens is 266 g/mol. The van der Waals surface area contributed by atoms with Crippen LogP contribution in [0.15, 0.2) is 27.5 Å². The predicted octanol–water partition coefficient (Wildman–Crippen LogP) is 1.39. The van der Waals surface area contributed by atoms with Crippen LogP contribution in [0.2, 0.25) is 5.02 Å². The molecule has 1 aromatic carbocycles. The number of halogens is 1. The second kappa shape index (κ2) is 4.12. The molecule has 0 fully saturated rings. The number of nitrogens with zero attached hydrogens (tertiary/aromatic N) is 1. The van der Waals surface area contributed by atoms with Gasteiger partial charge in [-0.05, 0) is 13.0 Å². The van der Waals surface area contributed by atoms with Gasteiger partial charge in [-0.25, -0.2) is 4.79 Å². The number of carbonyl (C=O) groups is 1. The molecule has 17 heavy (non-hydrogen) atoms. The fourth-order valence-electron chi connectivity index (χ4n) is 1.52. The predicted molar refractivity (Wildman–Crippen MR) is 61.8 cm³/mol. The minimum absolute atomic E-state index is 0.0468. The third-order valence-corrected chi connectivity index (χ3v) is 3.97. The fourth-order valence-corrected chi connectivity index (χ4v) is 3.25. The maximum absolute atomic E-state index is 11.7. The van der Waals surface area contributed by atoms with Gasteiger partial charge in [0.05, 0.1) is 11.6 Å². The van der Waals surface area contributed by atoms with Crippen LogP contribution in [-0.2, 0) is 19.6 Å². The lowest BCUT2D eigenvalue weighted by Gasteiger charge is -2.02. The molecule has 0 saturated heterocycles. The smallest absolute Gasteiger partial charge is 0.358 e. The third-order valence-electron chi connectivity index (χ3n) is 2.16. The molecule has 0 amide bonds. The molecule has 1 aliphatic rings. The average molecular weight is 274 g/mol. The summed E-state index contributed by atoms with van der Waals surface area (Å²) in [5.74, 6) is -0.767. The molecule has 90 valence electrons. The second-order valence-electron chi connectivity index (χ2n) is 3.25. The van der Waals surface area contributed by atoms with Crippen LogP contribution in [0.4, 0.5) is 0 Å². The third kappa shape index (κ3) is 1.94. The summed E-state index contributed by atoms with van der Waals surface area (Å²) in [6.07, 6.45) is 0. The van der Waals surface area contributed by atoms with E-state index in [4.69, 9.17) is 16.3 Å². The van der Waals surface area contributed by atoms with E-state index in [-0.39, 0.29) is 27.8 Å². The molecular formula is C10H8ClNO4S. The highest BCUT2D eigenvalue weighted by Gasteiger charge is 2.35. The van der Waals surface area contributed by atoms with Crippen molar-refractivity contribution in [3.05, 3.63) is 28.8 Å². The lowest BCUT2D eigenvalue weighted by Crippen LogP contribution is -2.17. The van der Waals surface area contributed by atoms with Crippen LogP contribution < -0.4 is 0 Å². The lowest BCUT2D eigenvalue weighted by atomic mass is 10.1. The Morgan fingerprint density at radius 2 is 2.18 bits per heavy atom. The standard InChI is InChI=1S/C10H8ClNO4S/c1-2-16-10(13)8-6-4-3-5-7(11)9(6)17(14,15)12-8/h3-5H,2H2,1H3. The van der Waals surface area contributed by atoms with E-state index in [1.807, 2.05) is 0 Å². The summed E-state index contributed by atoms with van der Waals surface area (Å²) in [4.78, 5) is 11.4. The van der Waals surface area contributed by atoms with Crippen molar-refractivity contribution >= 4 is 33.3 Å².